The molecule has 0 radical (unpaired) electrons. The van der Waals surface area contributed by atoms with Gasteiger partial charge >= 0.3 is 0 Å². The largest absolute Gasteiger partial charge is 0.711 e. The van der Waals surface area contributed by atoms with Gasteiger partial charge in [-0.15, -0.1) is 0 Å². The second-order valence-electron chi connectivity index (χ2n) is 6.91. The quantitative estimate of drug-likeness (QED) is 0.191. The molecule has 0 unspecified atom stereocenters. The van der Waals surface area contributed by atoms with Crippen LogP contribution in [0.3, 0.4) is 0 Å². The first kappa shape index (κ1) is 22.8. The van der Waals surface area contributed by atoms with E-state index in [1.54, 1.807) is 0 Å². The monoisotopic (exact) mass is 508 g/mol. The van der Waals surface area contributed by atoms with Crippen LogP contribution in [0.5, 0.6) is 0 Å². The number of aromatic nitrogens is 3. The van der Waals surface area contributed by atoms with Gasteiger partial charge in [-0.05, 0) is 24.3 Å². The normalized spacial score (nSPS) is 11.0. The predicted octanol–water partition coefficient (Wildman–Crippen LogP) is 3.88. The number of anilines is 1. The highest BCUT2D eigenvalue weighted by atomic mass is 35.5. The molecule has 0 aliphatic rings. The number of nitrogens with zero attached hydrogens (tertiary/aromatic N) is 3. The van der Waals surface area contributed by atoms with E-state index in [9.17, 15) is 24.4 Å². The summed E-state index contributed by atoms with van der Waals surface area (Å²) in [5, 5.41) is 26.1. The van der Waals surface area contributed by atoms with Gasteiger partial charge in [-0.25, -0.2) is 13.7 Å². The number of halogens is 4. The Hall–Kier alpha value is -3.40. The van der Waals surface area contributed by atoms with Crippen molar-refractivity contribution in [2.75, 3.05) is 5.32 Å². The van der Waals surface area contributed by atoms with Crippen LogP contribution >= 0.6 is 34.8 Å². The summed E-state index contributed by atoms with van der Waals surface area (Å²) >= 11 is 18.0. The Labute approximate surface area is 200 Å². The Morgan fingerprint density at radius 2 is 1.73 bits per heavy atom. The zero-order valence-electron chi connectivity index (χ0n) is 16.4. The fourth-order valence-electron chi connectivity index (χ4n) is 3.33. The zero-order valence-corrected chi connectivity index (χ0v) is 18.7. The van der Waals surface area contributed by atoms with E-state index in [1.807, 2.05) is 0 Å². The van der Waals surface area contributed by atoms with Gasteiger partial charge < -0.3 is 15.7 Å². The SMILES string of the molecule is O=C(Nc1c(Cl)c[n+]([O-])cc1Cl)C(=O)c1cn(Cc2c(F)cccc2Cl)c2c1ccc[n+]2[O-]. The number of nitrogens with one attached hydrogen (secondary N) is 1. The number of benzene rings is 1. The standard InChI is InChI=1S/C21H12Cl3FN4O4/c22-14-4-1-5-17(25)13(14)8-27-7-12(11-3-2-6-29(33)21(11)27)19(30)20(31)26-18-15(23)9-28(32)10-16(18)24/h1-7,9-10H,8H2,(H,26,31). The second-order valence-corrected chi connectivity index (χ2v) is 8.14. The third kappa shape index (κ3) is 4.30. The van der Waals surface area contributed by atoms with Crippen molar-refractivity contribution < 1.29 is 23.4 Å². The molecule has 0 aliphatic carbocycles. The molecule has 0 bridgehead atoms. The maximum atomic E-state index is 14.3. The molecule has 1 N–H and O–H groups in total. The van der Waals surface area contributed by atoms with Gasteiger partial charge in [0.15, 0.2) is 0 Å². The van der Waals surface area contributed by atoms with Crippen LogP contribution in [0.2, 0.25) is 15.1 Å². The lowest BCUT2D eigenvalue weighted by atomic mass is 10.1. The molecule has 8 nitrogen and oxygen atoms in total. The first-order chi connectivity index (χ1) is 15.7. The number of amides is 1. The van der Waals surface area contributed by atoms with E-state index in [1.165, 1.54) is 47.3 Å². The molecular weight excluding hydrogens is 498 g/mol. The minimum Gasteiger partial charge on any atom is -0.711 e. The van der Waals surface area contributed by atoms with Gasteiger partial charge in [0.2, 0.25) is 12.4 Å². The Bertz CT molecular complexity index is 1400. The molecule has 33 heavy (non-hydrogen) atoms. The summed E-state index contributed by atoms with van der Waals surface area (Å²) in [6.45, 7) is -0.164. The van der Waals surface area contributed by atoms with Gasteiger partial charge in [0, 0.05) is 5.56 Å². The Kier molecular flexibility index (Phi) is 6.11. The van der Waals surface area contributed by atoms with Crippen LogP contribution in [0.25, 0.3) is 11.0 Å². The lowest BCUT2D eigenvalue weighted by molar-refractivity contribution is -0.605. The van der Waals surface area contributed by atoms with Crippen LogP contribution in [0, 0.1) is 16.2 Å². The van der Waals surface area contributed by atoms with E-state index < -0.39 is 17.5 Å². The van der Waals surface area contributed by atoms with Crippen molar-refractivity contribution in [3.8, 4) is 0 Å². The summed E-state index contributed by atoms with van der Waals surface area (Å²) in [4.78, 5) is 25.6. The number of fused-ring (bicyclic) bond motifs is 1. The van der Waals surface area contributed by atoms with Crippen LogP contribution in [-0.2, 0) is 11.3 Å². The molecule has 0 spiro atoms. The number of carbonyl (C=O) groups excluding carboxylic acids is 2. The number of hydrogen-bond donors (Lipinski definition) is 1. The minimum absolute atomic E-state index is 0.0242. The van der Waals surface area contributed by atoms with Crippen LogP contribution in [-0.4, -0.2) is 16.3 Å². The molecular formula is C21H12Cl3FN4O4. The van der Waals surface area contributed by atoms with Gasteiger partial charge in [0.1, 0.15) is 28.6 Å². The van der Waals surface area contributed by atoms with Gasteiger partial charge in [0.05, 0.1) is 27.9 Å². The summed E-state index contributed by atoms with van der Waals surface area (Å²) in [6, 6.07) is 7.04. The lowest BCUT2D eigenvalue weighted by Gasteiger charge is -2.08. The number of Topliss-reactive ketones (excluding diaryl/α,β-unsaturated/α-hetero) is 1. The molecule has 3 heterocycles. The third-order valence-corrected chi connectivity index (χ3v) is 5.75. The third-order valence-electron chi connectivity index (χ3n) is 4.82. The summed E-state index contributed by atoms with van der Waals surface area (Å²) in [5.41, 5.74) is -0.0972. The highest BCUT2D eigenvalue weighted by Crippen LogP contribution is 2.29. The molecule has 4 aromatic rings. The lowest BCUT2D eigenvalue weighted by Crippen LogP contribution is -2.29. The van der Waals surface area contributed by atoms with Crippen molar-refractivity contribution in [1.29, 1.82) is 0 Å². The van der Waals surface area contributed by atoms with Crippen LogP contribution in [0.15, 0.2) is 55.1 Å². The Morgan fingerprint density at radius 3 is 2.39 bits per heavy atom. The molecule has 12 heteroatoms. The Balaban J connectivity index is 1.75. The van der Waals surface area contributed by atoms with Crippen molar-refractivity contribution in [2.45, 2.75) is 6.54 Å². The number of carbonyl (C=O) groups is 2. The van der Waals surface area contributed by atoms with Crippen LogP contribution in [0.4, 0.5) is 10.1 Å². The van der Waals surface area contributed by atoms with Crippen molar-refractivity contribution in [3.63, 3.8) is 0 Å². The van der Waals surface area contributed by atoms with Crippen molar-refractivity contribution in [2.24, 2.45) is 0 Å². The highest BCUT2D eigenvalue weighted by Gasteiger charge is 2.28. The van der Waals surface area contributed by atoms with Gasteiger partial charge in [-0.1, -0.05) is 40.9 Å². The molecule has 0 saturated carbocycles. The van der Waals surface area contributed by atoms with Crippen molar-refractivity contribution >= 4 is 63.2 Å². The molecule has 4 rings (SSSR count). The molecule has 0 saturated heterocycles. The van der Waals surface area contributed by atoms with E-state index in [2.05, 4.69) is 5.32 Å². The average molecular weight is 510 g/mol. The molecule has 168 valence electrons. The predicted molar refractivity (Wildman–Crippen MR) is 120 cm³/mol. The fourth-order valence-corrected chi connectivity index (χ4v) is 4.09. The number of pyridine rings is 2. The van der Waals surface area contributed by atoms with Gasteiger partial charge in [-0.3, -0.25) is 9.59 Å². The topological polar surface area (TPSA) is 105 Å². The molecule has 0 atom stereocenters. The number of hydrogen-bond acceptors (Lipinski definition) is 4. The van der Waals surface area contributed by atoms with E-state index in [0.717, 1.165) is 12.4 Å². The summed E-state index contributed by atoms with van der Waals surface area (Å²) in [7, 11) is 0. The van der Waals surface area contributed by atoms with Gasteiger partial charge in [0.25, 0.3) is 17.3 Å². The van der Waals surface area contributed by atoms with E-state index in [4.69, 9.17) is 34.8 Å². The van der Waals surface area contributed by atoms with Crippen LogP contribution in [0.1, 0.15) is 15.9 Å². The smallest absolute Gasteiger partial charge is 0.297 e. The van der Waals surface area contributed by atoms with Crippen molar-refractivity contribution in [1.82, 2.24) is 4.57 Å². The average Bonchev–Trinajstić information content (AvgIpc) is 3.12. The number of rotatable bonds is 5. The molecule has 1 amide bonds. The van der Waals surface area contributed by atoms with E-state index >= 15 is 0 Å². The minimum atomic E-state index is -1.10. The summed E-state index contributed by atoms with van der Waals surface area (Å²) in [6.07, 6.45) is 4.39. The summed E-state index contributed by atoms with van der Waals surface area (Å²) in [5.74, 6) is -2.70. The fraction of sp³-hybridized carbons (Fsp3) is 0.0476. The molecule has 0 aliphatic heterocycles. The first-order valence-electron chi connectivity index (χ1n) is 9.24. The maximum Gasteiger partial charge on any atom is 0.297 e. The van der Waals surface area contributed by atoms with Gasteiger partial charge in [-0.2, -0.15) is 4.73 Å². The zero-order chi connectivity index (χ0) is 23.9. The van der Waals surface area contributed by atoms with Crippen molar-refractivity contribution in [3.05, 3.63) is 97.5 Å². The number of ketones is 1. The molecule has 1 aromatic carbocycles. The van der Waals surface area contributed by atoms with E-state index in [0.29, 0.717) is 9.46 Å². The summed E-state index contributed by atoms with van der Waals surface area (Å²) < 4.78 is 16.5. The Morgan fingerprint density at radius 1 is 1.03 bits per heavy atom. The molecule has 0 fully saturated rings. The van der Waals surface area contributed by atoms with E-state index in [-0.39, 0.29) is 49.5 Å². The highest BCUT2D eigenvalue weighted by molar-refractivity contribution is 6.50. The first-order valence-corrected chi connectivity index (χ1v) is 10.4. The second kappa shape index (κ2) is 8.86. The maximum absolute atomic E-state index is 14.3. The molecule has 3 aromatic heterocycles. The van der Waals surface area contributed by atoms with Crippen LogP contribution < -0.4 is 14.8 Å².